The monoisotopic (exact) mass is 375 g/mol. The van der Waals surface area contributed by atoms with E-state index < -0.39 is 0 Å². The van der Waals surface area contributed by atoms with E-state index in [1.807, 2.05) is 16.7 Å². The molecule has 0 aliphatic carbocycles. The highest BCUT2D eigenvalue weighted by molar-refractivity contribution is 6.30. The van der Waals surface area contributed by atoms with Gasteiger partial charge in [-0.3, -0.25) is 14.5 Å². The van der Waals surface area contributed by atoms with E-state index in [0.29, 0.717) is 54.8 Å². The van der Waals surface area contributed by atoms with Gasteiger partial charge < -0.3 is 14.6 Å². The SMILES string of the molecule is Cc1cc(C(=O)N2CCN(CC(=O)Nc3cccc(Cl)c3)CC2)c(C)o1. The molecule has 138 valence electrons. The smallest absolute Gasteiger partial charge is 0.257 e. The van der Waals surface area contributed by atoms with E-state index in [1.54, 1.807) is 37.3 Å². The molecule has 0 unspecified atom stereocenters. The molecule has 0 saturated carbocycles. The highest BCUT2D eigenvalue weighted by Gasteiger charge is 2.25. The topological polar surface area (TPSA) is 65.8 Å². The molecule has 0 atom stereocenters. The zero-order valence-electron chi connectivity index (χ0n) is 14.9. The first-order chi connectivity index (χ1) is 12.4. The molecule has 3 rings (SSSR count). The number of anilines is 1. The van der Waals surface area contributed by atoms with E-state index in [0.717, 1.165) is 5.76 Å². The summed E-state index contributed by atoms with van der Waals surface area (Å²) in [5.74, 6) is 1.29. The molecule has 26 heavy (non-hydrogen) atoms. The van der Waals surface area contributed by atoms with E-state index in [2.05, 4.69) is 5.32 Å². The largest absolute Gasteiger partial charge is 0.466 e. The molecular weight excluding hydrogens is 354 g/mol. The number of benzene rings is 1. The van der Waals surface area contributed by atoms with Crippen molar-refractivity contribution in [3.63, 3.8) is 0 Å². The first-order valence-electron chi connectivity index (χ1n) is 8.56. The van der Waals surface area contributed by atoms with Crippen molar-refractivity contribution in [2.45, 2.75) is 13.8 Å². The third kappa shape index (κ3) is 4.45. The number of furan rings is 1. The predicted molar refractivity (Wildman–Crippen MR) is 101 cm³/mol. The molecule has 1 aromatic carbocycles. The molecule has 1 aliphatic rings. The maximum atomic E-state index is 12.6. The summed E-state index contributed by atoms with van der Waals surface area (Å²) in [6.45, 7) is 6.42. The molecule has 2 amide bonds. The number of rotatable bonds is 4. The van der Waals surface area contributed by atoms with Gasteiger partial charge in [-0.15, -0.1) is 0 Å². The molecular formula is C19H22ClN3O3. The second-order valence-electron chi connectivity index (χ2n) is 6.45. The summed E-state index contributed by atoms with van der Waals surface area (Å²) in [7, 11) is 0. The van der Waals surface area contributed by atoms with Crippen LogP contribution in [0.1, 0.15) is 21.9 Å². The first-order valence-corrected chi connectivity index (χ1v) is 8.94. The minimum atomic E-state index is -0.0895. The molecule has 7 heteroatoms. The zero-order chi connectivity index (χ0) is 18.7. The van der Waals surface area contributed by atoms with Crippen molar-refractivity contribution in [2.75, 3.05) is 38.0 Å². The van der Waals surface area contributed by atoms with Crippen LogP contribution in [0.2, 0.25) is 5.02 Å². The summed E-state index contributed by atoms with van der Waals surface area (Å²) in [6.07, 6.45) is 0. The fourth-order valence-corrected chi connectivity index (χ4v) is 3.28. The second-order valence-corrected chi connectivity index (χ2v) is 6.89. The standard InChI is InChI=1S/C19H22ClN3O3/c1-13-10-17(14(2)26-13)19(25)23-8-6-22(7-9-23)12-18(24)21-16-5-3-4-15(20)11-16/h3-5,10-11H,6-9,12H2,1-2H3,(H,21,24). The van der Waals surface area contributed by atoms with E-state index >= 15 is 0 Å². The summed E-state index contributed by atoms with van der Waals surface area (Å²) in [5, 5.41) is 3.43. The Kier molecular flexibility index (Phi) is 5.64. The Balaban J connectivity index is 1.50. The number of piperazine rings is 1. The van der Waals surface area contributed by atoms with E-state index in [-0.39, 0.29) is 11.8 Å². The summed E-state index contributed by atoms with van der Waals surface area (Å²) in [4.78, 5) is 28.6. The molecule has 0 radical (unpaired) electrons. The van der Waals surface area contributed by atoms with Crippen molar-refractivity contribution in [3.8, 4) is 0 Å². The third-order valence-electron chi connectivity index (χ3n) is 4.41. The fourth-order valence-electron chi connectivity index (χ4n) is 3.09. The van der Waals surface area contributed by atoms with Gasteiger partial charge in [-0.25, -0.2) is 0 Å². The third-order valence-corrected chi connectivity index (χ3v) is 4.64. The van der Waals surface area contributed by atoms with Crippen molar-refractivity contribution >= 4 is 29.1 Å². The summed E-state index contributed by atoms with van der Waals surface area (Å²) < 4.78 is 5.44. The molecule has 2 aromatic rings. The lowest BCUT2D eigenvalue weighted by atomic mass is 10.2. The van der Waals surface area contributed by atoms with Gasteiger partial charge in [0, 0.05) is 36.9 Å². The number of nitrogens with zero attached hydrogens (tertiary/aromatic N) is 2. The maximum absolute atomic E-state index is 12.6. The van der Waals surface area contributed by atoms with Gasteiger partial charge in [0.1, 0.15) is 11.5 Å². The van der Waals surface area contributed by atoms with E-state index in [1.165, 1.54) is 0 Å². The van der Waals surface area contributed by atoms with Crippen molar-refractivity contribution < 1.29 is 14.0 Å². The van der Waals surface area contributed by atoms with Crippen molar-refractivity contribution in [1.82, 2.24) is 9.80 Å². The van der Waals surface area contributed by atoms with Crippen LogP contribution in [0.5, 0.6) is 0 Å². The average Bonchev–Trinajstić information content (AvgIpc) is 2.93. The van der Waals surface area contributed by atoms with E-state index in [9.17, 15) is 9.59 Å². The molecule has 1 saturated heterocycles. The van der Waals surface area contributed by atoms with Crippen LogP contribution < -0.4 is 5.32 Å². The Morgan fingerprint density at radius 2 is 1.88 bits per heavy atom. The van der Waals surface area contributed by atoms with Crippen LogP contribution in [0.4, 0.5) is 5.69 Å². The maximum Gasteiger partial charge on any atom is 0.257 e. The number of amides is 2. The number of aryl methyl sites for hydroxylation is 2. The van der Waals surface area contributed by atoms with Crippen LogP contribution in [0.15, 0.2) is 34.7 Å². The number of halogens is 1. The Morgan fingerprint density at radius 1 is 1.15 bits per heavy atom. The van der Waals surface area contributed by atoms with Crippen molar-refractivity contribution in [2.24, 2.45) is 0 Å². The molecule has 0 bridgehead atoms. The summed E-state index contributed by atoms with van der Waals surface area (Å²) in [5.41, 5.74) is 1.30. The minimum Gasteiger partial charge on any atom is -0.466 e. The first kappa shape index (κ1) is 18.5. The molecule has 1 fully saturated rings. The quantitative estimate of drug-likeness (QED) is 0.892. The number of hydrogen-bond donors (Lipinski definition) is 1. The van der Waals surface area contributed by atoms with Gasteiger partial charge in [0.15, 0.2) is 0 Å². The van der Waals surface area contributed by atoms with Gasteiger partial charge in [0.2, 0.25) is 5.91 Å². The average molecular weight is 376 g/mol. The number of nitrogens with one attached hydrogen (secondary N) is 1. The van der Waals surface area contributed by atoms with Crippen LogP contribution in [0.3, 0.4) is 0 Å². The van der Waals surface area contributed by atoms with Gasteiger partial charge in [-0.1, -0.05) is 17.7 Å². The van der Waals surface area contributed by atoms with E-state index in [4.69, 9.17) is 16.0 Å². The van der Waals surface area contributed by atoms with Crippen LogP contribution in [0.25, 0.3) is 0 Å². The molecule has 1 aliphatic heterocycles. The fraction of sp³-hybridized carbons (Fsp3) is 0.368. The predicted octanol–water partition coefficient (Wildman–Crippen LogP) is 2.95. The summed E-state index contributed by atoms with van der Waals surface area (Å²) >= 11 is 5.92. The lowest BCUT2D eigenvalue weighted by Crippen LogP contribution is -2.50. The molecule has 6 nitrogen and oxygen atoms in total. The second kappa shape index (κ2) is 7.93. The van der Waals surface area contributed by atoms with Crippen molar-refractivity contribution in [3.05, 3.63) is 52.4 Å². The number of hydrogen-bond acceptors (Lipinski definition) is 4. The van der Waals surface area contributed by atoms with Gasteiger partial charge in [-0.05, 0) is 38.1 Å². The van der Waals surface area contributed by atoms with Gasteiger partial charge in [0.05, 0.1) is 12.1 Å². The van der Waals surface area contributed by atoms with Crippen LogP contribution in [0, 0.1) is 13.8 Å². The number of carbonyl (C=O) groups is 2. The Hall–Kier alpha value is -2.31. The Labute approximate surface area is 157 Å². The molecule has 1 aromatic heterocycles. The van der Waals surface area contributed by atoms with Crippen LogP contribution >= 0.6 is 11.6 Å². The molecule has 1 N–H and O–H groups in total. The molecule has 0 spiro atoms. The lowest BCUT2D eigenvalue weighted by Gasteiger charge is -2.34. The lowest BCUT2D eigenvalue weighted by molar-refractivity contribution is -0.117. The van der Waals surface area contributed by atoms with Crippen LogP contribution in [-0.4, -0.2) is 54.3 Å². The Morgan fingerprint density at radius 3 is 2.50 bits per heavy atom. The number of carbonyl (C=O) groups excluding carboxylic acids is 2. The van der Waals surface area contributed by atoms with Crippen molar-refractivity contribution in [1.29, 1.82) is 0 Å². The molecule has 2 heterocycles. The highest BCUT2D eigenvalue weighted by atomic mass is 35.5. The zero-order valence-corrected chi connectivity index (χ0v) is 15.7. The summed E-state index contributed by atoms with van der Waals surface area (Å²) in [6, 6.07) is 8.85. The highest BCUT2D eigenvalue weighted by Crippen LogP contribution is 2.18. The van der Waals surface area contributed by atoms with Gasteiger partial charge in [0.25, 0.3) is 5.91 Å². The Bertz CT molecular complexity index is 810. The van der Waals surface area contributed by atoms with Crippen LogP contribution in [-0.2, 0) is 4.79 Å². The normalized spacial score (nSPS) is 15.1. The van der Waals surface area contributed by atoms with Gasteiger partial charge in [-0.2, -0.15) is 0 Å². The van der Waals surface area contributed by atoms with Gasteiger partial charge >= 0.3 is 0 Å². The minimum absolute atomic E-state index is 0.0117.